The fourth-order valence-electron chi connectivity index (χ4n) is 2.64. The van der Waals surface area contributed by atoms with Crippen LogP contribution in [0.5, 0.6) is 0 Å². The third kappa shape index (κ3) is 3.78. The summed E-state index contributed by atoms with van der Waals surface area (Å²) in [5, 5.41) is 3.09. The van der Waals surface area contributed by atoms with Gasteiger partial charge in [-0.2, -0.15) is 0 Å². The predicted molar refractivity (Wildman–Crippen MR) is 67.4 cm³/mol. The first kappa shape index (κ1) is 13.5. The molecule has 0 heterocycles. The second-order valence-electron chi connectivity index (χ2n) is 5.04. The Morgan fingerprint density at radius 1 is 1.38 bits per heavy atom. The molecule has 1 aliphatic carbocycles. The highest BCUT2D eigenvalue weighted by molar-refractivity contribution is 5.76. The maximum absolute atomic E-state index is 12.1. The summed E-state index contributed by atoms with van der Waals surface area (Å²) in [5.41, 5.74) is 0. The lowest BCUT2D eigenvalue weighted by Gasteiger charge is -2.33. The van der Waals surface area contributed by atoms with Crippen molar-refractivity contribution in [3.05, 3.63) is 0 Å². The molecule has 0 saturated heterocycles. The van der Waals surface area contributed by atoms with Gasteiger partial charge in [0.05, 0.1) is 0 Å². The van der Waals surface area contributed by atoms with Gasteiger partial charge in [-0.25, -0.2) is 0 Å². The van der Waals surface area contributed by atoms with Gasteiger partial charge in [-0.3, -0.25) is 4.79 Å². The SMILES string of the molecule is CNCCCC(=O)N(C(C)C)C1CCCC1. The number of nitrogens with one attached hydrogen (secondary N) is 1. The van der Waals surface area contributed by atoms with Gasteiger partial charge in [0.1, 0.15) is 0 Å². The molecular weight excluding hydrogens is 200 g/mol. The van der Waals surface area contributed by atoms with Crippen LogP contribution in [0.2, 0.25) is 0 Å². The van der Waals surface area contributed by atoms with Gasteiger partial charge in [0, 0.05) is 18.5 Å². The fraction of sp³-hybridized carbons (Fsp3) is 0.923. The van der Waals surface area contributed by atoms with Crippen molar-refractivity contribution in [2.45, 2.75) is 64.5 Å². The van der Waals surface area contributed by atoms with Crippen molar-refractivity contribution in [2.75, 3.05) is 13.6 Å². The van der Waals surface area contributed by atoms with E-state index in [1.165, 1.54) is 25.7 Å². The van der Waals surface area contributed by atoms with E-state index < -0.39 is 0 Å². The summed E-state index contributed by atoms with van der Waals surface area (Å²) in [6, 6.07) is 0.868. The third-order valence-electron chi connectivity index (χ3n) is 3.38. The van der Waals surface area contributed by atoms with Crippen molar-refractivity contribution < 1.29 is 4.79 Å². The number of nitrogens with zero attached hydrogens (tertiary/aromatic N) is 1. The Labute approximate surface area is 99.6 Å². The predicted octanol–water partition coefficient (Wildman–Crippen LogP) is 2.17. The molecule has 0 aromatic rings. The molecule has 0 aromatic heterocycles. The molecule has 0 radical (unpaired) electrons. The van der Waals surface area contributed by atoms with Gasteiger partial charge in [-0.15, -0.1) is 0 Å². The zero-order valence-electron chi connectivity index (χ0n) is 11.0. The number of hydrogen-bond acceptors (Lipinski definition) is 2. The van der Waals surface area contributed by atoms with Crippen LogP contribution < -0.4 is 5.32 Å². The normalized spacial score (nSPS) is 17.0. The lowest BCUT2D eigenvalue weighted by atomic mass is 10.1. The van der Waals surface area contributed by atoms with E-state index in [-0.39, 0.29) is 0 Å². The van der Waals surface area contributed by atoms with Gasteiger partial charge in [-0.1, -0.05) is 12.8 Å². The summed E-state index contributed by atoms with van der Waals surface area (Å²) < 4.78 is 0. The molecule has 1 amide bonds. The minimum Gasteiger partial charge on any atom is -0.337 e. The van der Waals surface area contributed by atoms with E-state index in [1.54, 1.807) is 0 Å². The third-order valence-corrected chi connectivity index (χ3v) is 3.38. The summed E-state index contributed by atoms with van der Waals surface area (Å²) in [7, 11) is 1.93. The molecule has 1 saturated carbocycles. The van der Waals surface area contributed by atoms with Crippen molar-refractivity contribution in [1.29, 1.82) is 0 Å². The standard InChI is InChI=1S/C13H26N2O/c1-11(2)15(12-7-4-5-8-12)13(16)9-6-10-14-3/h11-12,14H,4-10H2,1-3H3. The van der Waals surface area contributed by atoms with Crippen LogP contribution >= 0.6 is 0 Å². The molecule has 1 fully saturated rings. The van der Waals surface area contributed by atoms with Crippen molar-refractivity contribution in [3.63, 3.8) is 0 Å². The van der Waals surface area contributed by atoms with Gasteiger partial charge >= 0.3 is 0 Å². The molecule has 0 atom stereocenters. The van der Waals surface area contributed by atoms with E-state index in [0.29, 0.717) is 24.4 Å². The van der Waals surface area contributed by atoms with Crippen LogP contribution in [0.25, 0.3) is 0 Å². The van der Waals surface area contributed by atoms with E-state index in [1.807, 2.05) is 7.05 Å². The largest absolute Gasteiger partial charge is 0.337 e. The Balaban J connectivity index is 2.45. The molecule has 3 heteroatoms. The zero-order chi connectivity index (χ0) is 12.0. The lowest BCUT2D eigenvalue weighted by molar-refractivity contribution is -0.135. The first-order valence-corrected chi connectivity index (χ1v) is 6.62. The average molecular weight is 226 g/mol. The van der Waals surface area contributed by atoms with Crippen molar-refractivity contribution in [3.8, 4) is 0 Å². The molecule has 16 heavy (non-hydrogen) atoms. The van der Waals surface area contributed by atoms with Crippen molar-refractivity contribution in [2.24, 2.45) is 0 Å². The van der Waals surface area contributed by atoms with Crippen molar-refractivity contribution in [1.82, 2.24) is 10.2 Å². The van der Waals surface area contributed by atoms with Crippen LogP contribution in [0.3, 0.4) is 0 Å². The molecule has 94 valence electrons. The Bertz CT molecular complexity index is 210. The Kier molecular flexibility index (Phi) is 5.81. The summed E-state index contributed by atoms with van der Waals surface area (Å²) in [5.74, 6) is 0.345. The minimum absolute atomic E-state index is 0.345. The zero-order valence-corrected chi connectivity index (χ0v) is 11.0. The monoisotopic (exact) mass is 226 g/mol. The average Bonchev–Trinajstić information content (AvgIpc) is 2.71. The van der Waals surface area contributed by atoms with Crippen LogP contribution in [0.4, 0.5) is 0 Å². The van der Waals surface area contributed by atoms with E-state index in [0.717, 1.165) is 13.0 Å². The van der Waals surface area contributed by atoms with Crippen molar-refractivity contribution >= 4 is 5.91 Å². The molecular formula is C13H26N2O. The van der Waals surface area contributed by atoms with Gasteiger partial charge in [0.25, 0.3) is 0 Å². The van der Waals surface area contributed by atoms with Crippen LogP contribution in [-0.4, -0.2) is 36.5 Å². The molecule has 1 aliphatic rings. The quantitative estimate of drug-likeness (QED) is 0.704. The summed E-state index contributed by atoms with van der Waals surface area (Å²) in [6.45, 7) is 5.20. The summed E-state index contributed by atoms with van der Waals surface area (Å²) in [6.07, 6.45) is 6.63. The molecule has 1 rings (SSSR count). The Morgan fingerprint density at radius 2 is 2.00 bits per heavy atom. The fourth-order valence-corrected chi connectivity index (χ4v) is 2.64. The molecule has 1 N–H and O–H groups in total. The molecule has 0 aromatic carbocycles. The Hall–Kier alpha value is -0.570. The van der Waals surface area contributed by atoms with Gasteiger partial charge in [-0.05, 0) is 46.7 Å². The molecule has 0 spiro atoms. The lowest BCUT2D eigenvalue weighted by Crippen LogP contribution is -2.43. The number of hydrogen-bond donors (Lipinski definition) is 1. The van der Waals surface area contributed by atoms with Crippen LogP contribution in [0.1, 0.15) is 52.4 Å². The maximum Gasteiger partial charge on any atom is 0.223 e. The van der Waals surface area contributed by atoms with E-state index in [9.17, 15) is 4.79 Å². The summed E-state index contributed by atoms with van der Waals surface area (Å²) in [4.78, 5) is 14.3. The number of rotatable bonds is 6. The first-order valence-electron chi connectivity index (χ1n) is 6.62. The van der Waals surface area contributed by atoms with Gasteiger partial charge in [0.15, 0.2) is 0 Å². The highest BCUT2D eigenvalue weighted by atomic mass is 16.2. The Morgan fingerprint density at radius 3 is 2.50 bits per heavy atom. The van der Waals surface area contributed by atoms with E-state index in [4.69, 9.17) is 0 Å². The van der Waals surface area contributed by atoms with Crippen LogP contribution in [0.15, 0.2) is 0 Å². The van der Waals surface area contributed by atoms with Crippen LogP contribution in [0, 0.1) is 0 Å². The number of carbonyl (C=O) groups is 1. The van der Waals surface area contributed by atoms with E-state index >= 15 is 0 Å². The number of carbonyl (C=O) groups excluding carboxylic acids is 1. The second kappa shape index (κ2) is 6.89. The topological polar surface area (TPSA) is 32.3 Å². The highest BCUT2D eigenvalue weighted by Gasteiger charge is 2.27. The molecule has 0 bridgehead atoms. The van der Waals surface area contributed by atoms with Gasteiger partial charge in [0.2, 0.25) is 5.91 Å². The molecule has 0 aliphatic heterocycles. The highest BCUT2D eigenvalue weighted by Crippen LogP contribution is 2.25. The minimum atomic E-state index is 0.345. The van der Waals surface area contributed by atoms with Crippen LogP contribution in [-0.2, 0) is 4.79 Å². The van der Waals surface area contributed by atoms with Gasteiger partial charge < -0.3 is 10.2 Å². The van der Waals surface area contributed by atoms with E-state index in [2.05, 4.69) is 24.1 Å². The molecule has 0 unspecified atom stereocenters. The second-order valence-corrected chi connectivity index (χ2v) is 5.04. The maximum atomic E-state index is 12.1. The number of amides is 1. The first-order chi connectivity index (χ1) is 7.66. The summed E-state index contributed by atoms with van der Waals surface area (Å²) >= 11 is 0. The smallest absolute Gasteiger partial charge is 0.223 e. The molecule has 3 nitrogen and oxygen atoms in total.